The molecule has 1 heterocycles. The molecular formula is C17H20N2O4. The summed E-state index contributed by atoms with van der Waals surface area (Å²) in [5.41, 5.74) is 0.350. The van der Waals surface area contributed by atoms with Crippen molar-refractivity contribution in [1.29, 1.82) is 0 Å². The number of esters is 1. The number of para-hydroxylation sites is 1. The Hall–Kier alpha value is -2.63. The van der Waals surface area contributed by atoms with Crippen LogP contribution in [0.4, 0.5) is 0 Å². The zero-order valence-electron chi connectivity index (χ0n) is 13.3. The van der Waals surface area contributed by atoms with Gasteiger partial charge in [-0.15, -0.1) is 5.10 Å². The van der Waals surface area contributed by atoms with Crippen molar-refractivity contribution in [3.05, 3.63) is 52.8 Å². The van der Waals surface area contributed by atoms with E-state index in [4.69, 9.17) is 9.47 Å². The molecule has 23 heavy (non-hydrogen) atoms. The molecule has 6 nitrogen and oxygen atoms in total. The summed E-state index contributed by atoms with van der Waals surface area (Å²) < 4.78 is 11.8. The minimum Gasteiger partial charge on any atom is -0.463 e. The van der Waals surface area contributed by atoms with Crippen molar-refractivity contribution < 1.29 is 14.3 Å². The van der Waals surface area contributed by atoms with Crippen LogP contribution in [0, 0.1) is 0 Å². The summed E-state index contributed by atoms with van der Waals surface area (Å²) in [6, 6.07) is 11.8. The van der Waals surface area contributed by atoms with Crippen LogP contribution in [0.25, 0.3) is 5.69 Å². The van der Waals surface area contributed by atoms with Crippen LogP contribution in [-0.4, -0.2) is 28.5 Å². The molecule has 0 aliphatic carbocycles. The number of unbranched alkanes of at least 4 members (excludes halogenated alkanes) is 1. The normalized spacial score (nSPS) is 11.7. The maximum atomic E-state index is 11.9. The molecule has 2 aromatic rings. The predicted molar refractivity (Wildman–Crippen MR) is 85.8 cm³/mol. The average Bonchev–Trinajstić information content (AvgIpc) is 2.57. The number of aromatic nitrogens is 2. The first-order chi connectivity index (χ1) is 11.1. The van der Waals surface area contributed by atoms with Crippen molar-refractivity contribution in [2.75, 3.05) is 6.61 Å². The summed E-state index contributed by atoms with van der Waals surface area (Å²) in [5.74, 6) is -0.258. The number of carbonyl (C=O) groups is 1. The molecule has 0 N–H and O–H groups in total. The predicted octanol–water partition coefficient (Wildman–Crippen LogP) is 2.34. The standard InChI is InChI=1S/C17H20N2O4/c1-3-4-12-22-17(21)13(2)23-15-10-11-16(20)19(18-15)14-8-6-5-7-9-14/h5-11,13H,3-4,12H2,1-2H3/t13-/m0/s1. The lowest BCUT2D eigenvalue weighted by Crippen LogP contribution is -2.28. The molecule has 0 amide bonds. The van der Waals surface area contributed by atoms with Gasteiger partial charge in [-0.1, -0.05) is 31.5 Å². The van der Waals surface area contributed by atoms with Crippen molar-refractivity contribution in [2.24, 2.45) is 0 Å². The van der Waals surface area contributed by atoms with Gasteiger partial charge in [0, 0.05) is 12.1 Å². The van der Waals surface area contributed by atoms with Gasteiger partial charge in [-0.3, -0.25) is 4.79 Å². The molecule has 1 atom stereocenters. The molecule has 0 saturated carbocycles. The summed E-state index contributed by atoms with van der Waals surface area (Å²) in [7, 11) is 0. The van der Waals surface area contributed by atoms with Gasteiger partial charge in [0.05, 0.1) is 12.3 Å². The van der Waals surface area contributed by atoms with Crippen molar-refractivity contribution in [3.8, 4) is 11.6 Å². The molecule has 0 bridgehead atoms. The Morgan fingerprint density at radius 1 is 1.22 bits per heavy atom. The molecule has 0 saturated heterocycles. The average molecular weight is 316 g/mol. The van der Waals surface area contributed by atoms with Crippen molar-refractivity contribution in [1.82, 2.24) is 9.78 Å². The lowest BCUT2D eigenvalue weighted by molar-refractivity contribution is -0.151. The van der Waals surface area contributed by atoms with Gasteiger partial charge in [-0.05, 0) is 25.5 Å². The topological polar surface area (TPSA) is 70.4 Å². The second-order valence-corrected chi connectivity index (χ2v) is 5.04. The van der Waals surface area contributed by atoms with Gasteiger partial charge in [-0.2, -0.15) is 4.68 Å². The van der Waals surface area contributed by atoms with E-state index in [0.717, 1.165) is 12.8 Å². The summed E-state index contributed by atoms with van der Waals surface area (Å²) >= 11 is 0. The van der Waals surface area contributed by atoms with E-state index in [1.54, 1.807) is 19.1 Å². The van der Waals surface area contributed by atoms with Crippen molar-refractivity contribution in [2.45, 2.75) is 32.8 Å². The Morgan fingerprint density at radius 2 is 1.96 bits per heavy atom. The number of rotatable bonds is 7. The van der Waals surface area contributed by atoms with Crippen LogP contribution in [0.2, 0.25) is 0 Å². The van der Waals surface area contributed by atoms with E-state index < -0.39 is 12.1 Å². The first-order valence-corrected chi connectivity index (χ1v) is 7.61. The molecule has 1 aromatic heterocycles. The third-order valence-electron chi connectivity index (χ3n) is 3.15. The largest absolute Gasteiger partial charge is 0.463 e. The van der Waals surface area contributed by atoms with Crippen molar-refractivity contribution >= 4 is 5.97 Å². The van der Waals surface area contributed by atoms with E-state index in [-0.39, 0.29) is 11.4 Å². The zero-order valence-corrected chi connectivity index (χ0v) is 13.3. The molecule has 1 aromatic carbocycles. The second-order valence-electron chi connectivity index (χ2n) is 5.04. The quantitative estimate of drug-likeness (QED) is 0.579. The highest BCUT2D eigenvalue weighted by Gasteiger charge is 2.17. The first-order valence-electron chi connectivity index (χ1n) is 7.61. The van der Waals surface area contributed by atoms with Crippen LogP contribution < -0.4 is 10.3 Å². The van der Waals surface area contributed by atoms with E-state index >= 15 is 0 Å². The molecule has 0 unspecified atom stereocenters. The van der Waals surface area contributed by atoms with E-state index in [9.17, 15) is 9.59 Å². The summed E-state index contributed by atoms with van der Waals surface area (Å²) in [4.78, 5) is 23.7. The lowest BCUT2D eigenvalue weighted by Gasteiger charge is -2.14. The van der Waals surface area contributed by atoms with Gasteiger partial charge >= 0.3 is 5.97 Å². The Balaban J connectivity index is 2.09. The van der Waals surface area contributed by atoms with Gasteiger partial charge in [-0.25, -0.2) is 4.79 Å². The highest BCUT2D eigenvalue weighted by Crippen LogP contribution is 2.09. The third-order valence-corrected chi connectivity index (χ3v) is 3.15. The number of hydrogen-bond acceptors (Lipinski definition) is 5. The molecule has 2 rings (SSSR count). The first kappa shape index (κ1) is 16.7. The van der Waals surface area contributed by atoms with Crippen LogP contribution >= 0.6 is 0 Å². The van der Waals surface area contributed by atoms with Crippen LogP contribution in [0.1, 0.15) is 26.7 Å². The third kappa shape index (κ3) is 4.67. The molecule has 122 valence electrons. The minimum atomic E-state index is -0.791. The number of benzene rings is 1. The fourth-order valence-corrected chi connectivity index (χ4v) is 1.88. The Labute approximate surface area is 134 Å². The maximum Gasteiger partial charge on any atom is 0.347 e. The van der Waals surface area contributed by atoms with Gasteiger partial charge in [0.1, 0.15) is 0 Å². The molecule has 0 fully saturated rings. The molecular weight excluding hydrogens is 296 g/mol. The zero-order chi connectivity index (χ0) is 16.7. The lowest BCUT2D eigenvalue weighted by atomic mass is 10.3. The second kappa shape index (κ2) is 8.12. The summed E-state index contributed by atoms with van der Waals surface area (Å²) in [6.07, 6.45) is 0.975. The number of hydrogen-bond donors (Lipinski definition) is 0. The summed E-state index contributed by atoms with van der Waals surface area (Å²) in [5, 5.41) is 4.14. The number of carbonyl (C=O) groups excluding carboxylic acids is 1. The van der Waals surface area contributed by atoms with Crippen molar-refractivity contribution in [3.63, 3.8) is 0 Å². The minimum absolute atomic E-state index is 0.188. The Bertz CT molecular complexity index is 697. The van der Waals surface area contributed by atoms with Gasteiger partial charge < -0.3 is 9.47 Å². The maximum absolute atomic E-state index is 11.9. The molecule has 0 aliphatic rings. The fraction of sp³-hybridized carbons (Fsp3) is 0.353. The van der Waals surface area contributed by atoms with Crippen LogP contribution in [0.15, 0.2) is 47.3 Å². The Morgan fingerprint density at radius 3 is 2.65 bits per heavy atom. The van der Waals surface area contributed by atoms with E-state index in [1.165, 1.54) is 16.8 Å². The van der Waals surface area contributed by atoms with E-state index in [1.807, 2.05) is 25.1 Å². The van der Waals surface area contributed by atoms with Gasteiger partial charge in [0.25, 0.3) is 5.56 Å². The fourth-order valence-electron chi connectivity index (χ4n) is 1.88. The Kier molecular flexibility index (Phi) is 5.91. The van der Waals surface area contributed by atoms with E-state index in [2.05, 4.69) is 5.10 Å². The van der Waals surface area contributed by atoms with E-state index in [0.29, 0.717) is 12.3 Å². The van der Waals surface area contributed by atoms with Crippen LogP contribution in [-0.2, 0) is 9.53 Å². The molecule has 0 spiro atoms. The molecule has 0 aliphatic heterocycles. The van der Waals surface area contributed by atoms with Gasteiger partial charge in [0.15, 0.2) is 6.10 Å². The number of ether oxygens (including phenoxy) is 2. The highest BCUT2D eigenvalue weighted by atomic mass is 16.6. The highest BCUT2D eigenvalue weighted by molar-refractivity contribution is 5.74. The molecule has 0 radical (unpaired) electrons. The molecule has 6 heteroatoms. The summed E-state index contributed by atoms with van der Waals surface area (Å²) in [6.45, 7) is 3.98. The SMILES string of the molecule is CCCCOC(=O)[C@H](C)Oc1ccc(=O)n(-c2ccccc2)n1. The number of nitrogens with zero attached hydrogens (tertiary/aromatic N) is 2. The van der Waals surface area contributed by atoms with Crippen LogP contribution in [0.3, 0.4) is 0 Å². The smallest absolute Gasteiger partial charge is 0.347 e. The monoisotopic (exact) mass is 316 g/mol. The van der Waals surface area contributed by atoms with Gasteiger partial charge in [0.2, 0.25) is 5.88 Å². The van der Waals surface area contributed by atoms with Crippen LogP contribution in [0.5, 0.6) is 5.88 Å².